The van der Waals surface area contributed by atoms with Gasteiger partial charge in [-0.3, -0.25) is 23.9 Å². The highest BCUT2D eigenvalue weighted by atomic mass is 16.2. The summed E-state index contributed by atoms with van der Waals surface area (Å²) in [4.78, 5) is 39.1. The summed E-state index contributed by atoms with van der Waals surface area (Å²) in [6, 6.07) is 8.28. The molecule has 0 aliphatic heterocycles. The third kappa shape index (κ3) is 4.16. The first kappa shape index (κ1) is 22.5. The third-order valence-electron chi connectivity index (χ3n) is 5.34. The van der Waals surface area contributed by atoms with E-state index in [0.717, 1.165) is 0 Å². The number of fused-ring (bicyclic) bond motifs is 1. The number of para-hydroxylation sites is 1. The minimum atomic E-state index is -0.710. The summed E-state index contributed by atoms with van der Waals surface area (Å²) in [6.07, 6.45) is 6.15. The van der Waals surface area contributed by atoms with Crippen LogP contribution in [0.4, 0.5) is 5.82 Å². The topological polar surface area (TPSA) is 162 Å². The van der Waals surface area contributed by atoms with Crippen molar-refractivity contribution < 1.29 is 4.79 Å². The molecule has 0 spiro atoms. The number of aryl methyl sites for hydroxylation is 1. The number of hydrogen-bond acceptors (Lipinski definition) is 8. The summed E-state index contributed by atoms with van der Waals surface area (Å²) in [6.45, 7) is 1.70. The van der Waals surface area contributed by atoms with E-state index in [2.05, 4.69) is 47.4 Å². The lowest BCUT2D eigenvalue weighted by Gasteiger charge is -2.18. The number of aromatic nitrogens is 8. The second-order valence-electron chi connectivity index (χ2n) is 7.88. The van der Waals surface area contributed by atoms with Gasteiger partial charge in [0.25, 0.3) is 11.5 Å². The van der Waals surface area contributed by atoms with Crippen molar-refractivity contribution in [2.24, 2.45) is 7.05 Å². The smallest absolute Gasteiger partial charge is 0.274 e. The molecule has 4 heterocycles. The van der Waals surface area contributed by atoms with E-state index < -0.39 is 11.9 Å². The number of rotatable bonds is 4. The minimum Gasteiger partial charge on any atom is -0.382 e. The molecule has 4 aromatic heterocycles. The van der Waals surface area contributed by atoms with Gasteiger partial charge in [0.2, 0.25) is 0 Å². The van der Waals surface area contributed by atoms with E-state index >= 15 is 0 Å². The van der Waals surface area contributed by atoms with Gasteiger partial charge in [0, 0.05) is 25.6 Å². The highest BCUT2D eigenvalue weighted by Crippen LogP contribution is 2.19. The van der Waals surface area contributed by atoms with E-state index in [9.17, 15) is 9.59 Å². The highest BCUT2D eigenvalue weighted by molar-refractivity contribution is 5.96. The molecule has 1 aromatic carbocycles. The zero-order chi connectivity index (χ0) is 25.2. The zero-order valence-electron chi connectivity index (χ0n) is 19.3. The third-order valence-corrected chi connectivity index (χ3v) is 5.34. The van der Waals surface area contributed by atoms with Crippen LogP contribution in [0.5, 0.6) is 0 Å². The molecule has 12 heteroatoms. The fourth-order valence-corrected chi connectivity index (χ4v) is 3.67. The SMILES string of the molecule is C[C@H](NC(=O)c1nccnc1N)c1nc2n[nH]c(C#Cc3cnn(C)c3)c2c(=O)n1-c1ccccc1. The average molecular weight is 480 g/mol. The lowest BCUT2D eigenvalue weighted by atomic mass is 10.2. The number of carbonyl (C=O) groups is 1. The maximum atomic E-state index is 13.8. The predicted molar refractivity (Wildman–Crippen MR) is 131 cm³/mol. The zero-order valence-corrected chi connectivity index (χ0v) is 19.3. The van der Waals surface area contributed by atoms with Crippen LogP contribution >= 0.6 is 0 Å². The van der Waals surface area contributed by atoms with Crippen molar-refractivity contribution in [3.05, 3.63) is 88.2 Å². The maximum Gasteiger partial charge on any atom is 0.274 e. The quantitative estimate of drug-likeness (QED) is 0.322. The van der Waals surface area contributed by atoms with Crippen molar-refractivity contribution in [1.29, 1.82) is 0 Å². The van der Waals surface area contributed by atoms with E-state index in [1.165, 1.54) is 17.0 Å². The van der Waals surface area contributed by atoms with Crippen molar-refractivity contribution in [2.75, 3.05) is 5.73 Å². The molecule has 178 valence electrons. The van der Waals surface area contributed by atoms with Crippen LogP contribution in [-0.4, -0.2) is 45.4 Å². The van der Waals surface area contributed by atoms with E-state index in [4.69, 9.17) is 5.73 Å². The van der Waals surface area contributed by atoms with Crippen LogP contribution in [0.15, 0.2) is 59.9 Å². The Labute approximate surface area is 204 Å². The number of aromatic amines is 1. The molecule has 1 amide bonds. The number of hydrogen-bond donors (Lipinski definition) is 3. The summed E-state index contributed by atoms with van der Waals surface area (Å²) >= 11 is 0. The van der Waals surface area contributed by atoms with Gasteiger partial charge in [0.1, 0.15) is 16.9 Å². The average Bonchev–Trinajstić information content (AvgIpc) is 3.49. The van der Waals surface area contributed by atoms with Gasteiger partial charge in [0.05, 0.1) is 23.5 Å². The maximum absolute atomic E-state index is 13.8. The lowest BCUT2D eigenvalue weighted by Crippen LogP contribution is -2.34. The molecule has 36 heavy (non-hydrogen) atoms. The highest BCUT2D eigenvalue weighted by Gasteiger charge is 2.23. The molecule has 5 rings (SSSR count). The molecule has 1 atom stereocenters. The fourth-order valence-electron chi connectivity index (χ4n) is 3.67. The Bertz CT molecular complexity index is 1710. The molecule has 0 bridgehead atoms. The number of nitrogen functional groups attached to an aromatic ring is 1. The van der Waals surface area contributed by atoms with Gasteiger partial charge in [-0.05, 0) is 25.0 Å². The first-order valence-corrected chi connectivity index (χ1v) is 10.9. The second kappa shape index (κ2) is 9.15. The standard InChI is InChI=1S/C24H20N10O2/c1-14(29-23(35)19-20(25)27-11-10-26-19)22-30-21-18(24(36)34(22)16-6-4-3-5-7-16)17(31-32-21)9-8-15-12-28-33(2)13-15/h3-7,10-14H,1-2H3,(H2,25,27)(H,29,35)(H,31,32)/t14-/m0/s1. The minimum absolute atomic E-state index is 0.00445. The van der Waals surface area contributed by atoms with Crippen LogP contribution in [0, 0.1) is 11.8 Å². The molecule has 0 radical (unpaired) electrons. The van der Waals surface area contributed by atoms with Crippen LogP contribution < -0.4 is 16.6 Å². The number of anilines is 1. The summed E-state index contributed by atoms with van der Waals surface area (Å²) in [5, 5.41) is 14.1. The van der Waals surface area contributed by atoms with Gasteiger partial charge < -0.3 is 11.1 Å². The van der Waals surface area contributed by atoms with Crippen LogP contribution in [0.2, 0.25) is 0 Å². The first-order chi connectivity index (χ1) is 17.4. The van der Waals surface area contributed by atoms with Crippen LogP contribution in [0.3, 0.4) is 0 Å². The Morgan fingerprint density at radius 3 is 2.67 bits per heavy atom. The normalized spacial score (nSPS) is 11.6. The van der Waals surface area contributed by atoms with Gasteiger partial charge in [-0.1, -0.05) is 24.1 Å². The predicted octanol–water partition coefficient (Wildman–Crippen LogP) is 1.11. The number of nitrogens with zero attached hydrogens (tertiary/aromatic N) is 7. The summed E-state index contributed by atoms with van der Waals surface area (Å²) < 4.78 is 3.06. The number of carbonyl (C=O) groups excluding carboxylic acids is 1. The van der Waals surface area contributed by atoms with Crippen molar-refractivity contribution in [3.8, 4) is 17.5 Å². The molecular formula is C24H20N10O2. The van der Waals surface area contributed by atoms with Crippen molar-refractivity contribution in [3.63, 3.8) is 0 Å². The van der Waals surface area contributed by atoms with Crippen LogP contribution in [-0.2, 0) is 7.05 Å². The van der Waals surface area contributed by atoms with Crippen molar-refractivity contribution in [1.82, 2.24) is 44.8 Å². The van der Waals surface area contributed by atoms with Gasteiger partial charge in [-0.15, -0.1) is 0 Å². The summed E-state index contributed by atoms with van der Waals surface area (Å²) in [5.41, 5.74) is 7.15. The van der Waals surface area contributed by atoms with E-state index in [0.29, 0.717) is 16.9 Å². The van der Waals surface area contributed by atoms with Gasteiger partial charge in [0.15, 0.2) is 17.2 Å². The second-order valence-corrected chi connectivity index (χ2v) is 7.88. The molecule has 12 nitrogen and oxygen atoms in total. The van der Waals surface area contributed by atoms with Crippen molar-refractivity contribution >= 4 is 22.8 Å². The monoisotopic (exact) mass is 480 g/mol. The first-order valence-electron chi connectivity index (χ1n) is 10.9. The fraction of sp³-hybridized carbons (Fsp3) is 0.125. The Balaban J connectivity index is 1.62. The molecular weight excluding hydrogens is 460 g/mol. The Kier molecular flexibility index (Phi) is 5.71. The van der Waals surface area contributed by atoms with E-state index in [-0.39, 0.29) is 33.9 Å². The number of amides is 1. The molecule has 5 aromatic rings. The summed E-state index contributed by atoms with van der Waals surface area (Å²) in [7, 11) is 1.79. The van der Waals surface area contributed by atoms with Crippen LogP contribution in [0.1, 0.15) is 40.5 Å². The Hall–Kier alpha value is -5.31. The molecule has 0 aliphatic rings. The largest absolute Gasteiger partial charge is 0.382 e. The van der Waals surface area contributed by atoms with E-state index in [1.54, 1.807) is 55.3 Å². The Morgan fingerprint density at radius 2 is 1.94 bits per heavy atom. The molecule has 4 N–H and O–H groups in total. The number of H-pyrrole nitrogens is 1. The molecule has 0 saturated heterocycles. The van der Waals surface area contributed by atoms with Gasteiger partial charge in [-0.2, -0.15) is 10.2 Å². The van der Waals surface area contributed by atoms with Crippen molar-refractivity contribution in [2.45, 2.75) is 13.0 Å². The number of nitrogens with two attached hydrogens (primary N) is 1. The van der Waals surface area contributed by atoms with Gasteiger partial charge in [-0.25, -0.2) is 15.0 Å². The summed E-state index contributed by atoms with van der Waals surface area (Å²) in [5.74, 6) is 5.64. The number of nitrogens with one attached hydrogen (secondary N) is 2. The Morgan fingerprint density at radius 1 is 1.17 bits per heavy atom. The molecule has 0 fully saturated rings. The number of benzene rings is 1. The van der Waals surface area contributed by atoms with E-state index in [1.807, 2.05) is 6.07 Å². The lowest BCUT2D eigenvalue weighted by molar-refractivity contribution is 0.0933. The molecule has 0 aliphatic carbocycles. The molecule has 0 unspecified atom stereocenters. The molecule has 0 saturated carbocycles. The van der Waals surface area contributed by atoms with Gasteiger partial charge >= 0.3 is 0 Å². The van der Waals surface area contributed by atoms with Crippen LogP contribution in [0.25, 0.3) is 16.7 Å².